The second-order valence-electron chi connectivity index (χ2n) is 7.98. The summed E-state index contributed by atoms with van der Waals surface area (Å²) in [5, 5.41) is 3.13. The fourth-order valence-electron chi connectivity index (χ4n) is 3.80. The third-order valence-electron chi connectivity index (χ3n) is 5.38. The molecule has 3 rings (SSSR count). The monoisotopic (exact) mass is 450 g/mol. The molecule has 0 saturated carbocycles. The van der Waals surface area contributed by atoms with Crippen LogP contribution in [0.3, 0.4) is 0 Å². The zero-order valence-corrected chi connectivity index (χ0v) is 19.9. The van der Waals surface area contributed by atoms with Crippen LogP contribution in [-0.4, -0.2) is 43.1 Å². The molecule has 4 nitrogen and oxygen atoms in total. The summed E-state index contributed by atoms with van der Waals surface area (Å²) in [5.41, 5.74) is 1.37. The minimum atomic E-state index is -0.0494. The fraction of sp³-hybridized carbons (Fsp3) is 0.370. The molecule has 0 aromatic heterocycles. The Morgan fingerprint density at radius 1 is 1.09 bits per heavy atom. The predicted octanol–water partition coefficient (Wildman–Crippen LogP) is 5.71. The number of ether oxygens (including phenoxy) is 1. The highest BCUT2D eigenvalue weighted by atomic mass is 32.2. The summed E-state index contributed by atoms with van der Waals surface area (Å²) in [4.78, 5) is 17.2. The summed E-state index contributed by atoms with van der Waals surface area (Å²) in [5.74, 6) is 0.665. The van der Waals surface area contributed by atoms with Crippen LogP contribution < -0.4 is 10.1 Å². The van der Waals surface area contributed by atoms with Crippen molar-refractivity contribution in [2.45, 2.75) is 48.9 Å². The number of carbonyl (C=O) groups excluding carboxylic acids is 1. The maximum Gasteiger partial charge on any atom is 0.258 e. The number of likely N-dealkylation sites (tertiary alicyclic amines) is 1. The van der Waals surface area contributed by atoms with Crippen molar-refractivity contribution < 1.29 is 9.53 Å². The van der Waals surface area contributed by atoms with Gasteiger partial charge in [0.25, 0.3) is 5.91 Å². The van der Waals surface area contributed by atoms with E-state index in [0.29, 0.717) is 5.75 Å². The molecule has 1 aliphatic heterocycles. The van der Waals surface area contributed by atoms with Crippen LogP contribution in [0.1, 0.15) is 33.1 Å². The topological polar surface area (TPSA) is 41.6 Å². The zero-order valence-electron chi connectivity index (χ0n) is 19.1. The van der Waals surface area contributed by atoms with E-state index >= 15 is 0 Å². The Kier molecular flexibility index (Phi) is 9.92. The Bertz CT molecular complexity index is 886. The lowest BCUT2D eigenvalue weighted by atomic mass is 10.0. The molecule has 5 heteroatoms. The van der Waals surface area contributed by atoms with Gasteiger partial charge in [-0.3, -0.25) is 9.69 Å². The van der Waals surface area contributed by atoms with Crippen molar-refractivity contribution in [3.05, 3.63) is 78.4 Å². The third-order valence-corrected chi connectivity index (χ3v) is 6.39. The molecule has 1 amide bonds. The van der Waals surface area contributed by atoms with E-state index in [2.05, 4.69) is 54.4 Å². The molecule has 0 radical (unpaired) electrons. The van der Waals surface area contributed by atoms with Gasteiger partial charge in [-0.25, -0.2) is 0 Å². The second-order valence-corrected chi connectivity index (χ2v) is 9.13. The number of hydrogen-bond acceptors (Lipinski definition) is 4. The molecule has 0 spiro atoms. The molecule has 1 aliphatic rings. The number of amides is 1. The molecule has 2 aromatic carbocycles. The lowest BCUT2D eigenvalue weighted by Gasteiger charge is -2.32. The van der Waals surface area contributed by atoms with Crippen molar-refractivity contribution in [1.82, 2.24) is 10.2 Å². The van der Waals surface area contributed by atoms with Crippen molar-refractivity contribution in [3.8, 4) is 5.75 Å². The predicted molar refractivity (Wildman–Crippen MR) is 133 cm³/mol. The molecule has 0 atom stereocenters. The lowest BCUT2D eigenvalue weighted by Crippen LogP contribution is -2.46. The van der Waals surface area contributed by atoms with Crippen molar-refractivity contribution in [2.75, 3.05) is 26.2 Å². The van der Waals surface area contributed by atoms with E-state index in [1.807, 2.05) is 42.5 Å². The molecular weight excluding hydrogens is 416 g/mol. The first-order valence-corrected chi connectivity index (χ1v) is 12.3. The van der Waals surface area contributed by atoms with E-state index in [1.54, 1.807) is 11.8 Å². The molecule has 170 valence electrons. The summed E-state index contributed by atoms with van der Waals surface area (Å²) < 4.78 is 5.70. The minimum absolute atomic E-state index is 0.0494. The second kappa shape index (κ2) is 13.1. The molecule has 0 aliphatic carbocycles. The van der Waals surface area contributed by atoms with E-state index in [-0.39, 0.29) is 18.6 Å². The third kappa shape index (κ3) is 8.21. The van der Waals surface area contributed by atoms with Gasteiger partial charge in [-0.15, -0.1) is 0 Å². The Morgan fingerprint density at radius 3 is 2.44 bits per heavy atom. The molecule has 32 heavy (non-hydrogen) atoms. The van der Waals surface area contributed by atoms with E-state index < -0.39 is 0 Å². The van der Waals surface area contributed by atoms with Crippen LogP contribution in [-0.2, 0) is 4.79 Å². The Balaban J connectivity index is 1.37. The summed E-state index contributed by atoms with van der Waals surface area (Å²) in [6.07, 6.45) is 9.60. The van der Waals surface area contributed by atoms with Gasteiger partial charge in [-0.1, -0.05) is 55.1 Å². The van der Waals surface area contributed by atoms with Gasteiger partial charge in [0.1, 0.15) is 5.75 Å². The molecule has 1 heterocycles. The van der Waals surface area contributed by atoms with Crippen LogP contribution in [0.15, 0.2) is 88.2 Å². The minimum Gasteiger partial charge on any atom is -0.484 e. The number of allylic oxidation sites excluding steroid dienone is 2. The molecule has 2 aromatic rings. The number of piperidine rings is 1. The normalized spacial score (nSPS) is 15.8. The summed E-state index contributed by atoms with van der Waals surface area (Å²) in [6, 6.07) is 18.4. The van der Waals surface area contributed by atoms with Gasteiger partial charge in [0.05, 0.1) is 0 Å². The SMILES string of the molecule is C/C=C\C(=C/CC)CN1CCC(NC(=O)COc2ccc(Sc3ccccc3)cc2)CC1. The number of nitrogens with one attached hydrogen (secondary N) is 1. The van der Waals surface area contributed by atoms with Crippen LogP contribution in [0.2, 0.25) is 0 Å². The van der Waals surface area contributed by atoms with Crippen molar-refractivity contribution in [1.29, 1.82) is 0 Å². The van der Waals surface area contributed by atoms with Gasteiger partial charge < -0.3 is 10.1 Å². The summed E-state index contributed by atoms with van der Waals surface area (Å²) in [7, 11) is 0. The van der Waals surface area contributed by atoms with Crippen LogP contribution >= 0.6 is 11.8 Å². The Labute approximate surface area is 196 Å². The molecule has 0 unspecified atom stereocenters. The first-order chi connectivity index (χ1) is 15.7. The van der Waals surface area contributed by atoms with Crippen LogP contribution in [0.5, 0.6) is 5.75 Å². The highest BCUT2D eigenvalue weighted by molar-refractivity contribution is 7.99. The van der Waals surface area contributed by atoms with Crippen molar-refractivity contribution in [3.63, 3.8) is 0 Å². The molecule has 1 N–H and O–H groups in total. The largest absolute Gasteiger partial charge is 0.484 e. The smallest absolute Gasteiger partial charge is 0.258 e. The highest BCUT2D eigenvalue weighted by Crippen LogP contribution is 2.28. The first kappa shape index (κ1) is 24.1. The summed E-state index contributed by atoms with van der Waals surface area (Å²) >= 11 is 1.71. The quantitative estimate of drug-likeness (QED) is 0.471. The number of hydrogen-bond donors (Lipinski definition) is 1. The van der Waals surface area contributed by atoms with Gasteiger partial charge in [0, 0.05) is 35.5 Å². The van der Waals surface area contributed by atoms with Gasteiger partial charge in [-0.05, 0) is 68.2 Å². The Hall–Kier alpha value is -2.50. The zero-order chi connectivity index (χ0) is 22.6. The Morgan fingerprint density at radius 2 is 1.78 bits per heavy atom. The maximum atomic E-state index is 12.4. The van der Waals surface area contributed by atoms with Gasteiger partial charge in [0.15, 0.2) is 6.61 Å². The van der Waals surface area contributed by atoms with Gasteiger partial charge in [-0.2, -0.15) is 0 Å². The van der Waals surface area contributed by atoms with Crippen molar-refractivity contribution >= 4 is 17.7 Å². The number of rotatable bonds is 10. The van der Waals surface area contributed by atoms with E-state index in [4.69, 9.17) is 4.74 Å². The fourth-order valence-corrected chi connectivity index (χ4v) is 4.64. The number of nitrogens with zero attached hydrogens (tertiary/aromatic N) is 1. The number of carbonyl (C=O) groups is 1. The van der Waals surface area contributed by atoms with Crippen LogP contribution in [0, 0.1) is 0 Å². The number of benzene rings is 2. The van der Waals surface area contributed by atoms with Crippen LogP contribution in [0.4, 0.5) is 0 Å². The molecule has 1 fully saturated rings. The van der Waals surface area contributed by atoms with E-state index in [1.165, 1.54) is 10.5 Å². The summed E-state index contributed by atoms with van der Waals surface area (Å²) in [6.45, 7) is 7.28. The standard InChI is InChI=1S/C27H34N2O2S/c1-3-8-22(9-4-2)20-29-18-16-23(17-19-29)28-27(30)21-31-24-12-14-26(15-13-24)32-25-10-6-5-7-11-25/h3,5-15,23H,4,16-21H2,1-2H3,(H,28,30)/b8-3-,22-9+. The van der Waals surface area contributed by atoms with Crippen LogP contribution in [0.25, 0.3) is 0 Å². The van der Waals surface area contributed by atoms with E-state index in [9.17, 15) is 4.79 Å². The highest BCUT2D eigenvalue weighted by Gasteiger charge is 2.21. The van der Waals surface area contributed by atoms with Crippen molar-refractivity contribution in [2.24, 2.45) is 0 Å². The lowest BCUT2D eigenvalue weighted by molar-refractivity contribution is -0.124. The maximum absolute atomic E-state index is 12.4. The average Bonchev–Trinajstić information content (AvgIpc) is 2.81. The average molecular weight is 451 g/mol. The van der Waals surface area contributed by atoms with E-state index in [0.717, 1.165) is 43.8 Å². The first-order valence-electron chi connectivity index (χ1n) is 11.5. The molecule has 1 saturated heterocycles. The van der Waals surface area contributed by atoms with Gasteiger partial charge >= 0.3 is 0 Å². The van der Waals surface area contributed by atoms with Gasteiger partial charge in [0.2, 0.25) is 0 Å². The molecular formula is C27H34N2O2S. The molecule has 0 bridgehead atoms.